The van der Waals surface area contributed by atoms with Gasteiger partial charge in [-0.25, -0.2) is 0 Å². The Labute approximate surface area is 127 Å². The Balaban J connectivity index is 1.73. The summed E-state index contributed by atoms with van der Waals surface area (Å²) >= 11 is 0. The fourth-order valence-corrected chi connectivity index (χ4v) is 3.23. The summed E-state index contributed by atoms with van der Waals surface area (Å²) in [6, 6.07) is 11.6. The number of rotatable bonds is 3. The van der Waals surface area contributed by atoms with Crippen molar-refractivity contribution in [1.29, 1.82) is 0 Å². The van der Waals surface area contributed by atoms with Gasteiger partial charge in [-0.3, -0.25) is 9.88 Å². The van der Waals surface area contributed by atoms with Crippen molar-refractivity contribution in [3.8, 4) is 0 Å². The average molecular weight is 283 g/mol. The van der Waals surface area contributed by atoms with Crippen LogP contribution in [0.3, 0.4) is 0 Å². The first-order valence-electron chi connectivity index (χ1n) is 7.99. The third-order valence-electron chi connectivity index (χ3n) is 4.49. The monoisotopic (exact) mass is 283 g/mol. The standard InChI is InChI=1S/C18H25N3/c1-14-5-7-16-12-15(6-8-18(16)20-14)13-21(2)17-4-3-10-19-11-9-17/h5-8,12,17,19H,3-4,9-11,13H2,1-2H3. The molecule has 2 aromatic rings. The predicted molar refractivity (Wildman–Crippen MR) is 88.5 cm³/mol. The molecule has 3 nitrogen and oxygen atoms in total. The Kier molecular flexibility index (Phi) is 4.51. The van der Waals surface area contributed by atoms with Gasteiger partial charge in [-0.2, -0.15) is 0 Å². The number of hydrogen-bond acceptors (Lipinski definition) is 3. The molecule has 1 N–H and O–H groups in total. The molecule has 1 aliphatic rings. The van der Waals surface area contributed by atoms with Gasteiger partial charge >= 0.3 is 0 Å². The molecule has 0 saturated carbocycles. The number of hydrogen-bond donors (Lipinski definition) is 1. The van der Waals surface area contributed by atoms with Crippen LogP contribution in [0.25, 0.3) is 10.9 Å². The summed E-state index contributed by atoms with van der Waals surface area (Å²) in [6.45, 7) is 5.39. The minimum atomic E-state index is 0.701. The molecule has 1 fully saturated rings. The van der Waals surface area contributed by atoms with Gasteiger partial charge in [0.05, 0.1) is 5.52 Å². The predicted octanol–water partition coefficient (Wildman–Crippen LogP) is 3.12. The molecule has 0 bridgehead atoms. The number of nitrogens with one attached hydrogen (secondary N) is 1. The summed E-state index contributed by atoms with van der Waals surface area (Å²) in [5.74, 6) is 0. The highest BCUT2D eigenvalue weighted by Crippen LogP contribution is 2.18. The summed E-state index contributed by atoms with van der Waals surface area (Å²) in [7, 11) is 2.26. The molecule has 0 aliphatic carbocycles. The second kappa shape index (κ2) is 6.54. The van der Waals surface area contributed by atoms with Gasteiger partial charge in [-0.05, 0) is 70.1 Å². The summed E-state index contributed by atoms with van der Waals surface area (Å²) in [6.07, 6.45) is 3.85. The Morgan fingerprint density at radius 1 is 1.19 bits per heavy atom. The molecular weight excluding hydrogens is 258 g/mol. The third-order valence-corrected chi connectivity index (χ3v) is 4.49. The summed E-state index contributed by atoms with van der Waals surface area (Å²) < 4.78 is 0. The van der Waals surface area contributed by atoms with Crippen LogP contribution in [0.2, 0.25) is 0 Å². The number of aryl methyl sites for hydroxylation is 1. The molecule has 1 aliphatic heterocycles. The lowest BCUT2D eigenvalue weighted by atomic mass is 10.1. The third kappa shape index (κ3) is 3.60. The number of benzene rings is 1. The molecule has 112 valence electrons. The van der Waals surface area contributed by atoms with E-state index in [9.17, 15) is 0 Å². The van der Waals surface area contributed by atoms with Crippen molar-refractivity contribution in [2.45, 2.75) is 38.8 Å². The molecule has 1 unspecified atom stereocenters. The summed E-state index contributed by atoms with van der Waals surface area (Å²) in [5, 5.41) is 4.73. The Bertz CT molecular complexity index is 600. The topological polar surface area (TPSA) is 28.2 Å². The zero-order valence-electron chi connectivity index (χ0n) is 13.1. The van der Waals surface area contributed by atoms with Crippen LogP contribution < -0.4 is 5.32 Å². The highest BCUT2D eigenvalue weighted by atomic mass is 15.1. The van der Waals surface area contributed by atoms with Crippen LogP contribution in [0.5, 0.6) is 0 Å². The number of aromatic nitrogens is 1. The molecule has 3 rings (SSSR count). The maximum atomic E-state index is 4.58. The molecule has 21 heavy (non-hydrogen) atoms. The highest BCUT2D eigenvalue weighted by molar-refractivity contribution is 5.79. The second-order valence-corrected chi connectivity index (χ2v) is 6.23. The van der Waals surface area contributed by atoms with Crippen molar-refractivity contribution in [2.75, 3.05) is 20.1 Å². The maximum absolute atomic E-state index is 4.58. The van der Waals surface area contributed by atoms with Crippen LogP contribution in [0.1, 0.15) is 30.5 Å². The van der Waals surface area contributed by atoms with Crippen LogP contribution in [-0.4, -0.2) is 36.1 Å². The fraction of sp³-hybridized carbons (Fsp3) is 0.500. The van der Waals surface area contributed by atoms with Crippen molar-refractivity contribution in [1.82, 2.24) is 15.2 Å². The van der Waals surface area contributed by atoms with E-state index in [4.69, 9.17) is 0 Å². The van der Waals surface area contributed by atoms with E-state index in [0.717, 1.165) is 24.3 Å². The fourth-order valence-electron chi connectivity index (χ4n) is 3.23. The van der Waals surface area contributed by atoms with E-state index in [0.29, 0.717) is 6.04 Å². The highest BCUT2D eigenvalue weighted by Gasteiger charge is 2.16. The quantitative estimate of drug-likeness (QED) is 0.938. The molecule has 1 saturated heterocycles. The lowest BCUT2D eigenvalue weighted by Crippen LogP contribution is -2.31. The van der Waals surface area contributed by atoms with Crippen molar-refractivity contribution >= 4 is 10.9 Å². The molecule has 0 radical (unpaired) electrons. The van der Waals surface area contributed by atoms with Crippen LogP contribution >= 0.6 is 0 Å². The minimum absolute atomic E-state index is 0.701. The zero-order chi connectivity index (χ0) is 14.7. The summed E-state index contributed by atoms with van der Waals surface area (Å²) in [5.41, 5.74) is 3.56. The van der Waals surface area contributed by atoms with Gasteiger partial charge < -0.3 is 5.32 Å². The Hall–Kier alpha value is -1.45. The molecule has 2 heterocycles. The molecule has 3 heteroatoms. The first-order valence-corrected chi connectivity index (χ1v) is 7.99. The van der Waals surface area contributed by atoms with E-state index in [1.54, 1.807) is 0 Å². The van der Waals surface area contributed by atoms with Crippen molar-refractivity contribution < 1.29 is 0 Å². The molecular formula is C18H25N3. The first-order chi connectivity index (χ1) is 10.2. The van der Waals surface area contributed by atoms with Gasteiger partial charge in [-0.15, -0.1) is 0 Å². The van der Waals surface area contributed by atoms with Crippen molar-refractivity contribution in [3.05, 3.63) is 41.6 Å². The lowest BCUT2D eigenvalue weighted by molar-refractivity contribution is 0.216. The van der Waals surface area contributed by atoms with Gasteiger partial charge in [0.25, 0.3) is 0 Å². The van der Waals surface area contributed by atoms with E-state index in [2.05, 4.69) is 52.6 Å². The van der Waals surface area contributed by atoms with Gasteiger partial charge in [-0.1, -0.05) is 12.1 Å². The first kappa shape index (κ1) is 14.5. The average Bonchev–Trinajstić information content (AvgIpc) is 2.76. The smallest absolute Gasteiger partial charge is 0.0705 e. The second-order valence-electron chi connectivity index (χ2n) is 6.23. The van der Waals surface area contributed by atoms with Gasteiger partial charge in [0.15, 0.2) is 0 Å². The maximum Gasteiger partial charge on any atom is 0.0705 e. The number of nitrogens with zero attached hydrogens (tertiary/aromatic N) is 2. The Morgan fingerprint density at radius 3 is 3.00 bits per heavy atom. The molecule has 1 aromatic carbocycles. The SMILES string of the molecule is Cc1ccc2cc(CN(C)C3CCCNCC3)ccc2n1. The zero-order valence-corrected chi connectivity index (χ0v) is 13.1. The molecule has 1 aromatic heterocycles. The van der Waals surface area contributed by atoms with Gasteiger partial charge in [0.2, 0.25) is 0 Å². The normalized spacial score (nSPS) is 19.9. The molecule has 0 amide bonds. The minimum Gasteiger partial charge on any atom is -0.317 e. The summed E-state index contributed by atoms with van der Waals surface area (Å²) in [4.78, 5) is 7.09. The number of pyridine rings is 1. The van der Waals surface area contributed by atoms with Crippen molar-refractivity contribution in [2.24, 2.45) is 0 Å². The van der Waals surface area contributed by atoms with Gasteiger partial charge in [0.1, 0.15) is 0 Å². The van der Waals surface area contributed by atoms with E-state index >= 15 is 0 Å². The molecule has 1 atom stereocenters. The van der Waals surface area contributed by atoms with E-state index in [1.807, 2.05) is 6.92 Å². The lowest BCUT2D eigenvalue weighted by Gasteiger charge is -2.27. The van der Waals surface area contributed by atoms with Crippen LogP contribution in [0.15, 0.2) is 30.3 Å². The van der Waals surface area contributed by atoms with E-state index < -0.39 is 0 Å². The van der Waals surface area contributed by atoms with E-state index in [-0.39, 0.29) is 0 Å². The number of fused-ring (bicyclic) bond motifs is 1. The van der Waals surface area contributed by atoms with Crippen LogP contribution in [-0.2, 0) is 6.54 Å². The largest absolute Gasteiger partial charge is 0.317 e. The van der Waals surface area contributed by atoms with Crippen LogP contribution in [0, 0.1) is 6.92 Å². The van der Waals surface area contributed by atoms with Gasteiger partial charge in [0, 0.05) is 23.7 Å². The van der Waals surface area contributed by atoms with Crippen LogP contribution in [0.4, 0.5) is 0 Å². The van der Waals surface area contributed by atoms with Crippen molar-refractivity contribution in [3.63, 3.8) is 0 Å². The van der Waals surface area contributed by atoms with E-state index in [1.165, 1.54) is 36.8 Å². The molecule has 0 spiro atoms. The Morgan fingerprint density at radius 2 is 2.10 bits per heavy atom.